The van der Waals surface area contributed by atoms with Gasteiger partial charge in [-0.2, -0.15) is 0 Å². The minimum atomic E-state index is -0.466. The number of ketones is 1. The number of hydrogen-bond acceptors (Lipinski definition) is 3. The Kier molecular flexibility index (Phi) is 4.53. The lowest BCUT2D eigenvalue weighted by atomic mass is 9.92. The Bertz CT molecular complexity index is 869. The highest BCUT2D eigenvalue weighted by atomic mass is 35.5. The van der Waals surface area contributed by atoms with Crippen LogP contribution < -0.4 is 10.9 Å². The topological polar surface area (TPSA) is 68.2 Å². The summed E-state index contributed by atoms with van der Waals surface area (Å²) in [5.74, 6) is -0.504. The molecule has 0 fully saturated rings. The number of halogens is 1. The molecule has 1 aliphatic carbocycles. The van der Waals surface area contributed by atoms with Crippen molar-refractivity contribution in [1.82, 2.24) is 9.88 Å². The second kappa shape index (κ2) is 6.61. The average molecular weight is 345 g/mol. The van der Waals surface area contributed by atoms with E-state index in [2.05, 4.69) is 5.32 Å². The van der Waals surface area contributed by atoms with Crippen molar-refractivity contribution in [1.29, 1.82) is 0 Å². The first-order valence-corrected chi connectivity index (χ1v) is 8.27. The minimum Gasteiger partial charge on any atom is -0.352 e. The summed E-state index contributed by atoms with van der Waals surface area (Å²) < 4.78 is 1.47. The molecule has 0 radical (unpaired) electrons. The molecule has 0 bridgehead atoms. The van der Waals surface area contributed by atoms with Crippen LogP contribution in [0.2, 0.25) is 5.02 Å². The average Bonchev–Trinajstić information content (AvgIpc) is 2.56. The molecule has 1 aliphatic rings. The third kappa shape index (κ3) is 2.87. The lowest BCUT2D eigenvalue weighted by Gasteiger charge is -2.21. The number of nitrogens with zero attached hydrogens (tertiary/aromatic N) is 1. The minimum absolute atomic E-state index is 0.0131. The maximum atomic E-state index is 12.9. The monoisotopic (exact) mass is 344 g/mol. The Balaban J connectivity index is 2.29. The van der Waals surface area contributed by atoms with E-state index < -0.39 is 11.5 Å². The number of carbonyl (C=O) groups excluding carboxylic acids is 2. The number of fused-ring (bicyclic) bond motifs is 1. The second-order valence-electron chi connectivity index (χ2n) is 5.67. The van der Waals surface area contributed by atoms with E-state index in [9.17, 15) is 14.4 Å². The molecule has 6 heteroatoms. The van der Waals surface area contributed by atoms with Crippen LogP contribution in [0.1, 0.15) is 46.2 Å². The molecule has 1 aromatic carbocycles. The van der Waals surface area contributed by atoms with E-state index in [0.29, 0.717) is 47.8 Å². The zero-order valence-corrected chi connectivity index (χ0v) is 14.0. The van der Waals surface area contributed by atoms with Crippen LogP contribution in [0.3, 0.4) is 0 Å². The summed E-state index contributed by atoms with van der Waals surface area (Å²) in [7, 11) is 0. The van der Waals surface area contributed by atoms with E-state index >= 15 is 0 Å². The molecule has 0 spiro atoms. The maximum absolute atomic E-state index is 12.9. The zero-order valence-electron chi connectivity index (χ0n) is 13.3. The third-order valence-electron chi connectivity index (χ3n) is 4.09. The van der Waals surface area contributed by atoms with Crippen LogP contribution in [0.25, 0.3) is 5.69 Å². The van der Waals surface area contributed by atoms with E-state index in [-0.39, 0.29) is 11.3 Å². The van der Waals surface area contributed by atoms with Crippen molar-refractivity contribution in [3.8, 4) is 5.69 Å². The van der Waals surface area contributed by atoms with Gasteiger partial charge < -0.3 is 5.32 Å². The van der Waals surface area contributed by atoms with Gasteiger partial charge in [-0.1, -0.05) is 11.6 Å². The standard InChI is InChI=1S/C18H17ClN2O3/c1-2-20-17(23)14-10-13-15(4-3-5-16(13)22)21(18(14)24)12-8-6-11(19)7-9-12/h6-10H,2-5H2,1H3,(H,20,23). The highest BCUT2D eigenvalue weighted by molar-refractivity contribution is 6.30. The Labute approximate surface area is 144 Å². The number of carbonyl (C=O) groups is 2. The van der Waals surface area contributed by atoms with Gasteiger partial charge >= 0.3 is 0 Å². The molecule has 0 saturated heterocycles. The molecular weight excluding hydrogens is 328 g/mol. The third-order valence-corrected chi connectivity index (χ3v) is 4.34. The van der Waals surface area contributed by atoms with Gasteiger partial charge in [-0.3, -0.25) is 19.0 Å². The van der Waals surface area contributed by atoms with Crippen LogP contribution in [0.5, 0.6) is 0 Å². The molecule has 24 heavy (non-hydrogen) atoms. The van der Waals surface area contributed by atoms with Crippen molar-refractivity contribution in [2.75, 3.05) is 6.54 Å². The quantitative estimate of drug-likeness (QED) is 0.930. The number of Topliss-reactive ketones (excluding diaryl/α,β-unsaturated/α-hetero) is 1. The van der Waals surface area contributed by atoms with Crippen LogP contribution in [0.15, 0.2) is 35.1 Å². The van der Waals surface area contributed by atoms with Gasteiger partial charge in [-0.15, -0.1) is 0 Å². The number of nitrogens with one attached hydrogen (secondary N) is 1. The first-order chi connectivity index (χ1) is 11.5. The van der Waals surface area contributed by atoms with Crippen LogP contribution in [-0.2, 0) is 6.42 Å². The fraction of sp³-hybridized carbons (Fsp3) is 0.278. The number of hydrogen-bond donors (Lipinski definition) is 1. The molecule has 1 N–H and O–H groups in total. The summed E-state index contributed by atoms with van der Waals surface area (Å²) in [6.07, 6.45) is 1.74. The first-order valence-electron chi connectivity index (χ1n) is 7.89. The predicted octanol–water partition coefficient (Wildman–Crippen LogP) is 2.76. The van der Waals surface area contributed by atoms with Crippen LogP contribution in [0, 0.1) is 0 Å². The lowest BCUT2D eigenvalue weighted by Crippen LogP contribution is -2.36. The Hall–Kier alpha value is -2.40. The number of aromatic nitrogens is 1. The molecule has 1 amide bonds. The van der Waals surface area contributed by atoms with Gasteiger partial charge in [0.25, 0.3) is 11.5 Å². The molecule has 0 unspecified atom stereocenters. The maximum Gasteiger partial charge on any atom is 0.268 e. The molecule has 0 saturated carbocycles. The van der Waals surface area contributed by atoms with E-state index in [0.717, 1.165) is 0 Å². The summed E-state index contributed by atoms with van der Waals surface area (Å²) in [5, 5.41) is 3.18. The number of pyridine rings is 1. The van der Waals surface area contributed by atoms with Crippen molar-refractivity contribution in [3.63, 3.8) is 0 Å². The lowest BCUT2D eigenvalue weighted by molar-refractivity contribution is 0.0954. The SMILES string of the molecule is CCNC(=O)c1cc2c(n(-c3ccc(Cl)cc3)c1=O)CCCC2=O. The highest BCUT2D eigenvalue weighted by Crippen LogP contribution is 2.24. The van der Waals surface area contributed by atoms with Crippen LogP contribution in [0.4, 0.5) is 0 Å². The van der Waals surface area contributed by atoms with E-state index in [1.54, 1.807) is 31.2 Å². The molecule has 0 atom stereocenters. The highest BCUT2D eigenvalue weighted by Gasteiger charge is 2.25. The molecule has 5 nitrogen and oxygen atoms in total. The van der Waals surface area contributed by atoms with E-state index in [1.807, 2.05) is 0 Å². The van der Waals surface area contributed by atoms with Crippen molar-refractivity contribution < 1.29 is 9.59 Å². The molecule has 2 aromatic rings. The largest absolute Gasteiger partial charge is 0.352 e. The summed E-state index contributed by atoms with van der Waals surface area (Å²) in [6, 6.07) is 8.23. The molecule has 0 aliphatic heterocycles. The van der Waals surface area contributed by atoms with Gasteiger partial charge in [0, 0.05) is 34.9 Å². The summed E-state index contributed by atoms with van der Waals surface area (Å²) in [4.78, 5) is 37.4. The molecule has 1 heterocycles. The van der Waals surface area contributed by atoms with Crippen molar-refractivity contribution in [2.45, 2.75) is 26.2 Å². The normalized spacial score (nSPS) is 13.5. The summed E-state index contributed by atoms with van der Waals surface area (Å²) >= 11 is 5.92. The van der Waals surface area contributed by atoms with Crippen molar-refractivity contribution >= 4 is 23.3 Å². The number of amides is 1. The van der Waals surface area contributed by atoms with Gasteiger partial charge in [0.1, 0.15) is 5.56 Å². The zero-order chi connectivity index (χ0) is 17.3. The van der Waals surface area contributed by atoms with E-state index in [1.165, 1.54) is 10.6 Å². The fourth-order valence-electron chi connectivity index (χ4n) is 2.97. The Morgan fingerprint density at radius 1 is 1.21 bits per heavy atom. The molecule has 3 rings (SSSR count). The van der Waals surface area contributed by atoms with Crippen molar-refractivity contribution in [2.24, 2.45) is 0 Å². The molecular formula is C18H17ClN2O3. The van der Waals surface area contributed by atoms with Crippen molar-refractivity contribution in [3.05, 3.63) is 62.5 Å². The summed E-state index contributed by atoms with van der Waals surface area (Å²) in [6.45, 7) is 2.18. The Morgan fingerprint density at radius 2 is 1.92 bits per heavy atom. The van der Waals surface area contributed by atoms with Gasteiger partial charge in [0.05, 0.1) is 0 Å². The fourth-order valence-corrected chi connectivity index (χ4v) is 3.10. The number of rotatable bonds is 3. The van der Waals surface area contributed by atoms with Gasteiger partial charge in [-0.05, 0) is 50.1 Å². The van der Waals surface area contributed by atoms with E-state index in [4.69, 9.17) is 11.6 Å². The van der Waals surface area contributed by atoms with Crippen LogP contribution in [-0.4, -0.2) is 22.8 Å². The van der Waals surface area contributed by atoms with Gasteiger partial charge in [0.2, 0.25) is 0 Å². The smallest absolute Gasteiger partial charge is 0.268 e. The Morgan fingerprint density at radius 3 is 2.58 bits per heavy atom. The molecule has 1 aromatic heterocycles. The molecule has 124 valence electrons. The predicted molar refractivity (Wildman–Crippen MR) is 92.3 cm³/mol. The van der Waals surface area contributed by atoms with Gasteiger partial charge in [0.15, 0.2) is 5.78 Å². The first kappa shape index (κ1) is 16.5. The number of benzene rings is 1. The summed E-state index contributed by atoms with van der Waals surface area (Å²) in [5.41, 5.74) is 1.28. The van der Waals surface area contributed by atoms with Gasteiger partial charge in [-0.25, -0.2) is 0 Å². The van der Waals surface area contributed by atoms with Crippen LogP contribution >= 0.6 is 11.6 Å². The second-order valence-corrected chi connectivity index (χ2v) is 6.11.